The Bertz CT molecular complexity index is 660. The molecule has 3 fully saturated rings. The molecule has 1 aromatic carbocycles. The van der Waals surface area contributed by atoms with Crippen LogP contribution in [0.25, 0.3) is 0 Å². The van der Waals surface area contributed by atoms with Gasteiger partial charge in [0.1, 0.15) is 11.9 Å². The van der Waals surface area contributed by atoms with Crippen molar-refractivity contribution in [1.82, 2.24) is 10.2 Å². The third-order valence-corrected chi connectivity index (χ3v) is 6.34. The SMILES string of the molecule is CN=C(NCC1(c2ccc(F)cc2)CCC1)N1CCOC(C2CCCO2)C1.I. The number of morpholine rings is 1. The number of ether oxygens (including phenoxy) is 2. The van der Waals surface area contributed by atoms with E-state index >= 15 is 0 Å². The lowest BCUT2D eigenvalue weighted by atomic mass is 9.64. The molecule has 0 bridgehead atoms. The van der Waals surface area contributed by atoms with Crippen molar-refractivity contribution in [2.24, 2.45) is 4.99 Å². The highest BCUT2D eigenvalue weighted by atomic mass is 127. The van der Waals surface area contributed by atoms with Gasteiger partial charge in [-0.25, -0.2) is 4.39 Å². The van der Waals surface area contributed by atoms with Gasteiger partial charge in [0, 0.05) is 38.7 Å². The van der Waals surface area contributed by atoms with E-state index in [0.29, 0.717) is 6.61 Å². The summed E-state index contributed by atoms with van der Waals surface area (Å²) in [4.78, 5) is 6.80. The van der Waals surface area contributed by atoms with Gasteiger partial charge in [0.15, 0.2) is 5.96 Å². The highest BCUT2D eigenvalue weighted by molar-refractivity contribution is 14.0. The van der Waals surface area contributed by atoms with Gasteiger partial charge >= 0.3 is 0 Å². The van der Waals surface area contributed by atoms with E-state index in [1.807, 2.05) is 19.2 Å². The molecule has 1 aromatic rings. The molecule has 7 heteroatoms. The van der Waals surface area contributed by atoms with Crippen LogP contribution >= 0.6 is 24.0 Å². The molecule has 4 rings (SSSR count). The summed E-state index contributed by atoms with van der Waals surface area (Å²) in [5.41, 5.74) is 1.31. The fourth-order valence-electron chi connectivity index (χ4n) is 4.54. The van der Waals surface area contributed by atoms with E-state index in [1.54, 1.807) is 12.1 Å². The minimum atomic E-state index is -0.175. The quantitative estimate of drug-likeness (QED) is 0.389. The maximum Gasteiger partial charge on any atom is 0.193 e. The van der Waals surface area contributed by atoms with Crippen LogP contribution in [0.1, 0.15) is 37.7 Å². The van der Waals surface area contributed by atoms with Crippen molar-refractivity contribution < 1.29 is 13.9 Å². The average Bonchev–Trinajstić information content (AvgIpc) is 3.20. The first-order valence-electron chi connectivity index (χ1n) is 10.2. The lowest BCUT2D eigenvalue weighted by Crippen LogP contribution is -2.55. The Labute approximate surface area is 184 Å². The smallest absolute Gasteiger partial charge is 0.193 e. The Balaban J connectivity index is 0.00000225. The van der Waals surface area contributed by atoms with Crippen LogP contribution in [-0.2, 0) is 14.9 Å². The van der Waals surface area contributed by atoms with E-state index < -0.39 is 0 Å². The van der Waals surface area contributed by atoms with Crippen LogP contribution in [0.4, 0.5) is 4.39 Å². The zero-order valence-corrected chi connectivity index (χ0v) is 18.9. The van der Waals surface area contributed by atoms with E-state index in [-0.39, 0.29) is 47.4 Å². The fourth-order valence-corrected chi connectivity index (χ4v) is 4.54. The molecule has 28 heavy (non-hydrogen) atoms. The molecule has 0 aromatic heterocycles. The zero-order valence-electron chi connectivity index (χ0n) is 16.5. The summed E-state index contributed by atoms with van der Waals surface area (Å²) < 4.78 is 25.1. The first kappa shape index (κ1) is 21.8. The van der Waals surface area contributed by atoms with Gasteiger partial charge in [0.25, 0.3) is 0 Å². The number of hydrogen-bond acceptors (Lipinski definition) is 3. The Morgan fingerprint density at radius 2 is 1.93 bits per heavy atom. The van der Waals surface area contributed by atoms with Gasteiger partial charge in [-0.2, -0.15) is 0 Å². The Morgan fingerprint density at radius 3 is 2.54 bits per heavy atom. The monoisotopic (exact) mass is 503 g/mol. The summed E-state index contributed by atoms with van der Waals surface area (Å²) in [5, 5.41) is 3.59. The molecule has 2 heterocycles. The molecule has 2 atom stereocenters. The Kier molecular flexibility index (Phi) is 7.55. The molecule has 1 saturated carbocycles. The number of guanidine groups is 1. The summed E-state index contributed by atoms with van der Waals surface area (Å²) in [7, 11) is 1.84. The normalized spacial score (nSPS) is 27.1. The number of halogens is 2. The van der Waals surface area contributed by atoms with Crippen LogP contribution in [-0.4, -0.2) is 63.0 Å². The lowest BCUT2D eigenvalue weighted by Gasteiger charge is -2.44. The van der Waals surface area contributed by atoms with Crippen LogP contribution in [0.2, 0.25) is 0 Å². The predicted octanol–water partition coefficient (Wildman–Crippen LogP) is 3.32. The van der Waals surface area contributed by atoms with Crippen molar-refractivity contribution >= 4 is 29.9 Å². The lowest BCUT2D eigenvalue weighted by molar-refractivity contribution is -0.0817. The average molecular weight is 503 g/mol. The van der Waals surface area contributed by atoms with Crippen LogP contribution in [0.15, 0.2) is 29.3 Å². The Hall–Kier alpha value is -0.930. The maximum atomic E-state index is 13.3. The number of benzene rings is 1. The molecule has 3 aliphatic rings. The van der Waals surface area contributed by atoms with Crippen molar-refractivity contribution in [3.8, 4) is 0 Å². The summed E-state index contributed by atoms with van der Waals surface area (Å²) in [6.45, 7) is 4.03. The number of hydrogen-bond donors (Lipinski definition) is 1. The summed E-state index contributed by atoms with van der Waals surface area (Å²) in [6, 6.07) is 7.00. The molecule has 5 nitrogen and oxygen atoms in total. The van der Waals surface area contributed by atoms with Crippen molar-refractivity contribution in [3.63, 3.8) is 0 Å². The minimum absolute atomic E-state index is 0. The van der Waals surface area contributed by atoms with Crippen LogP contribution in [0, 0.1) is 5.82 Å². The second kappa shape index (κ2) is 9.71. The van der Waals surface area contributed by atoms with Gasteiger partial charge in [0.05, 0.1) is 12.7 Å². The highest BCUT2D eigenvalue weighted by Gasteiger charge is 2.39. The molecular formula is C21H31FIN3O2. The van der Waals surface area contributed by atoms with E-state index in [9.17, 15) is 4.39 Å². The maximum absolute atomic E-state index is 13.3. The summed E-state index contributed by atoms with van der Waals surface area (Å²) in [5.74, 6) is 0.750. The predicted molar refractivity (Wildman–Crippen MR) is 119 cm³/mol. The van der Waals surface area contributed by atoms with Crippen molar-refractivity contribution in [2.45, 2.75) is 49.7 Å². The van der Waals surface area contributed by atoms with Gasteiger partial charge in [-0.1, -0.05) is 18.6 Å². The first-order chi connectivity index (χ1) is 13.2. The topological polar surface area (TPSA) is 46.1 Å². The number of aliphatic imine (C=N–C) groups is 1. The zero-order chi connectivity index (χ0) is 18.7. The van der Waals surface area contributed by atoms with Crippen molar-refractivity contribution in [1.29, 1.82) is 0 Å². The third-order valence-electron chi connectivity index (χ3n) is 6.34. The highest BCUT2D eigenvalue weighted by Crippen LogP contribution is 2.43. The van der Waals surface area contributed by atoms with E-state index in [1.165, 1.54) is 12.0 Å². The number of nitrogens with zero attached hydrogens (tertiary/aromatic N) is 2. The van der Waals surface area contributed by atoms with E-state index in [0.717, 1.165) is 57.9 Å². The summed E-state index contributed by atoms with van der Waals surface area (Å²) in [6.07, 6.45) is 6.01. The summed E-state index contributed by atoms with van der Waals surface area (Å²) >= 11 is 0. The molecule has 0 radical (unpaired) electrons. The minimum Gasteiger partial charge on any atom is -0.375 e. The van der Waals surface area contributed by atoms with Crippen LogP contribution in [0.5, 0.6) is 0 Å². The van der Waals surface area contributed by atoms with Gasteiger partial charge in [-0.3, -0.25) is 4.99 Å². The van der Waals surface area contributed by atoms with Crippen molar-refractivity contribution in [3.05, 3.63) is 35.6 Å². The van der Waals surface area contributed by atoms with Gasteiger partial charge in [-0.05, 0) is 43.4 Å². The first-order valence-corrected chi connectivity index (χ1v) is 10.2. The van der Waals surface area contributed by atoms with Gasteiger partial charge in [0.2, 0.25) is 0 Å². The molecular weight excluding hydrogens is 472 g/mol. The molecule has 0 amide bonds. The Morgan fingerprint density at radius 1 is 1.18 bits per heavy atom. The number of nitrogens with one attached hydrogen (secondary N) is 1. The van der Waals surface area contributed by atoms with Crippen molar-refractivity contribution in [2.75, 3.05) is 39.9 Å². The molecule has 1 N–H and O–H groups in total. The molecule has 2 aliphatic heterocycles. The number of rotatable bonds is 4. The van der Waals surface area contributed by atoms with Crippen LogP contribution in [0.3, 0.4) is 0 Å². The van der Waals surface area contributed by atoms with Crippen LogP contribution < -0.4 is 5.32 Å². The molecule has 1 aliphatic carbocycles. The van der Waals surface area contributed by atoms with E-state index in [4.69, 9.17) is 9.47 Å². The standard InChI is InChI=1S/C21H30FN3O2.HI/c1-23-20(25-11-13-27-19(14-25)18-4-2-12-26-18)24-15-21(9-3-10-21)16-5-7-17(22)8-6-16;/h5-8,18-19H,2-4,9-15H2,1H3,(H,23,24);1H. The van der Waals surface area contributed by atoms with E-state index in [2.05, 4.69) is 15.2 Å². The largest absolute Gasteiger partial charge is 0.375 e. The third kappa shape index (κ3) is 4.62. The molecule has 0 spiro atoms. The second-order valence-corrected chi connectivity index (χ2v) is 7.95. The fraction of sp³-hybridized carbons (Fsp3) is 0.667. The molecule has 2 unspecified atom stereocenters. The van der Waals surface area contributed by atoms with Gasteiger partial charge < -0.3 is 19.7 Å². The molecule has 156 valence electrons. The molecule has 2 saturated heterocycles. The van der Waals surface area contributed by atoms with Gasteiger partial charge in [-0.15, -0.1) is 24.0 Å². The second-order valence-electron chi connectivity index (χ2n) is 7.95.